The van der Waals surface area contributed by atoms with Crippen molar-refractivity contribution in [2.45, 2.75) is 51.5 Å². The molecule has 4 N–H and O–H groups in total. The van der Waals surface area contributed by atoms with Gasteiger partial charge in [-0.1, -0.05) is 36.6 Å². The molecule has 1 aromatic carbocycles. The third kappa shape index (κ3) is 3.78. The van der Waals surface area contributed by atoms with Crippen molar-refractivity contribution >= 4 is 11.9 Å². The van der Waals surface area contributed by atoms with Crippen molar-refractivity contribution < 1.29 is 9.59 Å². The minimum Gasteiger partial charge on any atom is -0.368 e. The van der Waals surface area contributed by atoms with Crippen molar-refractivity contribution in [1.29, 1.82) is 0 Å². The largest absolute Gasteiger partial charge is 0.368 e. The molecule has 0 heterocycles. The number of carbonyl (C=O) groups excluding carboxylic acids is 2. The molecule has 0 aromatic heterocycles. The van der Waals surface area contributed by atoms with Crippen molar-refractivity contribution in [3.05, 3.63) is 34.9 Å². The molecule has 1 aliphatic rings. The fourth-order valence-electron chi connectivity index (χ4n) is 3.11. The highest BCUT2D eigenvalue weighted by Crippen LogP contribution is 2.29. The first-order valence-corrected chi connectivity index (χ1v) is 7.85. The molecule has 1 aliphatic carbocycles. The number of hydrogen-bond donors (Lipinski definition) is 3. The Balaban J connectivity index is 1.84. The molecule has 22 heavy (non-hydrogen) atoms. The molecule has 1 fully saturated rings. The molecule has 1 aromatic rings. The fraction of sp³-hybridized carbons (Fsp3) is 0.529. The number of rotatable bonds is 5. The molecule has 0 spiro atoms. The summed E-state index contributed by atoms with van der Waals surface area (Å²) < 4.78 is 0. The van der Waals surface area contributed by atoms with E-state index in [4.69, 9.17) is 5.73 Å². The van der Waals surface area contributed by atoms with E-state index in [-0.39, 0.29) is 6.03 Å². The van der Waals surface area contributed by atoms with Crippen LogP contribution in [-0.4, -0.2) is 24.0 Å². The zero-order chi connectivity index (χ0) is 16.2. The molecule has 0 aliphatic heterocycles. The number of amides is 3. The van der Waals surface area contributed by atoms with Crippen LogP contribution in [0.15, 0.2) is 18.2 Å². The van der Waals surface area contributed by atoms with Gasteiger partial charge in [0, 0.05) is 6.54 Å². The molecule has 2 rings (SSSR count). The van der Waals surface area contributed by atoms with Gasteiger partial charge in [0.1, 0.15) is 5.54 Å². The van der Waals surface area contributed by atoms with E-state index in [2.05, 4.69) is 42.7 Å². The Morgan fingerprint density at radius 1 is 1.23 bits per heavy atom. The topological polar surface area (TPSA) is 84.2 Å². The monoisotopic (exact) mass is 303 g/mol. The predicted octanol–water partition coefficient (Wildman–Crippen LogP) is 1.94. The van der Waals surface area contributed by atoms with Crippen LogP contribution in [0.2, 0.25) is 0 Å². The van der Waals surface area contributed by atoms with Crippen molar-refractivity contribution in [2.75, 3.05) is 6.54 Å². The number of carbonyl (C=O) groups is 2. The number of benzene rings is 1. The van der Waals surface area contributed by atoms with Crippen LogP contribution < -0.4 is 16.4 Å². The van der Waals surface area contributed by atoms with E-state index in [0.717, 1.165) is 19.3 Å². The third-order valence-corrected chi connectivity index (χ3v) is 4.46. The summed E-state index contributed by atoms with van der Waals surface area (Å²) in [4.78, 5) is 23.6. The normalized spacial score (nSPS) is 16.3. The first kappa shape index (κ1) is 16.3. The van der Waals surface area contributed by atoms with Crippen LogP contribution >= 0.6 is 0 Å². The number of primary amides is 1. The summed E-state index contributed by atoms with van der Waals surface area (Å²) in [6.07, 6.45) is 3.88. The van der Waals surface area contributed by atoms with Gasteiger partial charge < -0.3 is 16.4 Å². The van der Waals surface area contributed by atoms with Gasteiger partial charge in [-0.2, -0.15) is 0 Å². The highest BCUT2D eigenvalue weighted by atomic mass is 16.2. The van der Waals surface area contributed by atoms with Crippen LogP contribution in [-0.2, 0) is 11.2 Å². The minimum absolute atomic E-state index is 0.314. The molecular weight excluding hydrogens is 278 g/mol. The van der Waals surface area contributed by atoms with Crippen LogP contribution in [0.5, 0.6) is 0 Å². The van der Waals surface area contributed by atoms with Crippen LogP contribution in [0.25, 0.3) is 0 Å². The van der Waals surface area contributed by atoms with Crippen molar-refractivity contribution in [1.82, 2.24) is 10.6 Å². The lowest BCUT2D eigenvalue weighted by Crippen LogP contribution is -2.58. The molecule has 120 valence electrons. The third-order valence-electron chi connectivity index (χ3n) is 4.46. The van der Waals surface area contributed by atoms with Crippen molar-refractivity contribution in [3.8, 4) is 0 Å². The molecule has 0 unspecified atom stereocenters. The van der Waals surface area contributed by atoms with Gasteiger partial charge in [-0.05, 0) is 44.2 Å². The van der Waals surface area contributed by atoms with Gasteiger partial charge in [-0.3, -0.25) is 4.79 Å². The lowest BCUT2D eigenvalue weighted by atomic mass is 9.97. The Hall–Kier alpha value is -2.04. The molecule has 0 radical (unpaired) electrons. The zero-order valence-corrected chi connectivity index (χ0v) is 13.4. The second-order valence-electron chi connectivity index (χ2n) is 6.21. The van der Waals surface area contributed by atoms with Gasteiger partial charge in [-0.25, -0.2) is 4.79 Å². The highest BCUT2D eigenvalue weighted by molar-refractivity contribution is 5.90. The Bertz CT molecular complexity index is 563. The Labute approximate surface area is 131 Å². The van der Waals surface area contributed by atoms with Gasteiger partial charge >= 0.3 is 6.03 Å². The first-order chi connectivity index (χ1) is 10.4. The minimum atomic E-state index is -0.857. The van der Waals surface area contributed by atoms with E-state index in [9.17, 15) is 9.59 Å². The summed E-state index contributed by atoms with van der Waals surface area (Å²) in [7, 11) is 0. The summed E-state index contributed by atoms with van der Waals surface area (Å²) >= 11 is 0. The standard InChI is InChI=1S/C17H25N3O2/c1-12-5-6-14(13(2)11-12)7-10-19-16(22)20-17(15(18)21)8-3-4-9-17/h5-6,11H,3-4,7-10H2,1-2H3,(H2,18,21)(H2,19,20,22). The lowest BCUT2D eigenvalue weighted by Gasteiger charge is -2.26. The van der Waals surface area contributed by atoms with Crippen LogP contribution in [0, 0.1) is 13.8 Å². The maximum Gasteiger partial charge on any atom is 0.315 e. The van der Waals surface area contributed by atoms with Gasteiger partial charge in [-0.15, -0.1) is 0 Å². The summed E-state index contributed by atoms with van der Waals surface area (Å²) in [5.41, 5.74) is 8.28. The number of nitrogens with two attached hydrogens (primary N) is 1. The molecule has 0 bridgehead atoms. The van der Waals surface area contributed by atoms with Crippen molar-refractivity contribution in [3.63, 3.8) is 0 Å². The SMILES string of the molecule is Cc1ccc(CCNC(=O)NC2(C(N)=O)CCCC2)c(C)c1. The van der Waals surface area contributed by atoms with E-state index in [0.29, 0.717) is 19.4 Å². The zero-order valence-electron chi connectivity index (χ0n) is 13.4. The quantitative estimate of drug-likeness (QED) is 0.776. The second kappa shape index (κ2) is 6.81. The molecule has 0 saturated heterocycles. The highest BCUT2D eigenvalue weighted by Gasteiger charge is 2.40. The average Bonchev–Trinajstić information content (AvgIpc) is 2.91. The molecule has 5 nitrogen and oxygen atoms in total. The predicted molar refractivity (Wildman–Crippen MR) is 86.5 cm³/mol. The maximum atomic E-state index is 12.0. The summed E-state index contributed by atoms with van der Waals surface area (Å²) in [5.74, 6) is -0.436. The smallest absolute Gasteiger partial charge is 0.315 e. The van der Waals surface area contributed by atoms with E-state index in [1.165, 1.54) is 16.7 Å². The van der Waals surface area contributed by atoms with Gasteiger partial charge in [0.15, 0.2) is 0 Å². The van der Waals surface area contributed by atoms with Gasteiger partial charge in [0.05, 0.1) is 0 Å². The number of nitrogens with one attached hydrogen (secondary N) is 2. The average molecular weight is 303 g/mol. The second-order valence-corrected chi connectivity index (χ2v) is 6.21. The number of aryl methyl sites for hydroxylation is 2. The fourth-order valence-corrected chi connectivity index (χ4v) is 3.11. The molecule has 1 saturated carbocycles. The number of urea groups is 1. The first-order valence-electron chi connectivity index (χ1n) is 7.85. The van der Waals surface area contributed by atoms with E-state index in [1.54, 1.807) is 0 Å². The maximum absolute atomic E-state index is 12.0. The molecular formula is C17H25N3O2. The van der Waals surface area contributed by atoms with Crippen molar-refractivity contribution in [2.24, 2.45) is 5.73 Å². The van der Waals surface area contributed by atoms with Gasteiger partial charge in [0.25, 0.3) is 0 Å². The molecule has 3 amide bonds. The Kier molecular flexibility index (Phi) is 5.06. The molecule has 0 atom stereocenters. The van der Waals surface area contributed by atoms with Gasteiger partial charge in [0.2, 0.25) is 5.91 Å². The summed E-state index contributed by atoms with van der Waals surface area (Å²) in [6, 6.07) is 5.98. The van der Waals surface area contributed by atoms with Crippen LogP contribution in [0.3, 0.4) is 0 Å². The van der Waals surface area contributed by atoms with Crippen LogP contribution in [0.1, 0.15) is 42.4 Å². The molecule has 5 heteroatoms. The Morgan fingerprint density at radius 3 is 2.50 bits per heavy atom. The lowest BCUT2D eigenvalue weighted by molar-refractivity contribution is -0.123. The number of hydrogen-bond acceptors (Lipinski definition) is 2. The van der Waals surface area contributed by atoms with E-state index >= 15 is 0 Å². The Morgan fingerprint density at radius 2 is 1.91 bits per heavy atom. The summed E-state index contributed by atoms with van der Waals surface area (Å²) in [5, 5.41) is 5.60. The van der Waals surface area contributed by atoms with E-state index in [1.807, 2.05) is 0 Å². The van der Waals surface area contributed by atoms with Crippen LogP contribution in [0.4, 0.5) is 4.79 Å². The summed E-state index contributed by atoms with van der Waals surface area (Å²) in [6.45, 7) is 4.67. The van der Waals surface area contributed by atoms with E-state index < -0.39 is 11.4 Å².